The van der Waals surface area contributed by atoms with E-state index in [0.29, 0.717) is 12.1 Å². The maximum Gasteiger partial charge on any atom is 0.255 e. The average Bonchev–Trinajstić information content (AvgIpc) is 3.43. The first-order valence-corrected chi connectivity index (χ1v) is 10.5. The number of aryl methyl sites for hydroxylation is 1. The summed E-state index contributed by atoms with van der Waals surface area (Å²) in [5.74, 6) is 0.0464. The molecule has 158 valence electrons. The summed E-state index contributed by atoms with van der Waals surface area (Å²) in [5.41, 5.74) is 5.90. The van der Waals surface area contributed by atoms with Crippen molar-refractivity contribution in [1.82, 2.24) is 24.6 Å². The van der Waals surface area contributed by atoms with Gasteiger partial charge in [-0.1, -0.05) is 55.8 Å². The minimum absolute atomic E-state index is 0.109. The van der Waals surface area contributed by atoms with Gasteiger partial charge in [-0.2, -0.15) is 5.10 Å². The van der Waals surface area contributed by atoms with Gasteiger partial charge < -0.3 is 9.88 Å². The van der Waals surface area contributed by atoms with Crippen LogP contribution in [0.15, 0.2) is 73.4 Å². The van der Waals surface area contributed by atoms with Crippen molar-refractivity contribution in [1.29, 1.82) is 0 Å². The normalized spacial score (nSPS) is 11.1. The van der Waals surface area contributed by atoms with Crippen LogP contribution in [0.25, 0.3) is 5.69 Å². The standard InChI is InChI=1S/C25H27N5O/c1-18(2)24-23(15-28-30(24)22-9-7-19(3)8-10-22)25(31)27-14-20-5-4-6-21(13-20)16-29-12-11-26-17-29/h4-13,15,17-18H,14,16H2,1-3H3,(H,27,31). The lowest BCUT2D eigenvalue weighted by Gasteiger charge is -2.13. The summed E-state index contributed by atoms with van der Waals surface area (Å²) in [6, 6.07) is 16.4. The number of carbonyl (C=O) groups is 1. The highest BCUT2D eigenvalue weighted by Gasteiger charge is 2.20. The third-order valence-corrected chi connectivity index (χ3v) is 5.25. The first-order chi connectivity index (χ1) is 15.0. The van der Waals surface area contributed by atoms with Gasteiger partial charge in [-0.05, 0) is 36.1 Å². The fraction of sp³-hybridized carbons (Fsp3) is 0.240. The Balaban J connectivity index is 1.49. The van der Waals surface area contributed by atoms with Gasteiger partial charge in [-0.15, -0.1) is 0 Å². The van der Waals surface area contributed by atoms with Crippen LogP contribution in [0.5, 0.6) is 0 Å². The lowest BCUT2D eigenvalue weighted by molar-refractivity contribution is 0.0949. The Morgan fingerprint density at radius 2 is 1.87 bits per heavy atom. The predicted octanol–water partition coefficient (Wildman–Crippen LogP) is 4.48. The van der Waals surface area contributed by atoms with E-state index in [9.17, 15) is 4.79 Å². The maximum atomic E-state index is 13.0. The molecule has 0 aliphatic heterocycles. The molecule has 0 unspecified atom stereocenters. The molecule has 6 nitrogen and oxygen atoms in total. The second-order valence-electron chi connectivity index (χ2n) is 8.08. The summed E-state index contributed by atoms with van der Waals surface area (Å²) in [4.78, 5) is 17.1. The van der Waals surface area contributed by atoms with E-state index in [1.54, 1.807) is 18.7 Å². The van der Waals surface area contributed by atoms with Crippen molar-refractivity contribution in [2.24, 2.45) is 0 Å². The second kappa shape index (κ2) is 9.00. The molecule has 1 N–H and O–H groups in total. The Hall–Kier alpha value is -3.67. The van der Waals surface area contributed by atoms with E-state index < -0.39 is 0 Å². The molecule has 0 atom stereocenters. The van der Waals surface area contributed by atoms with Gasteiger partial charge in [0.1, 0.15) is 0 Å². The van der Waals surface area contributed by atoms with Crippen LogP contribution >= 0.6 is 0 Å². The van der Waals surface area contributed by atoms with Gasteiger partial charge >= 0.3 is 0 Å². The number of amides is 1. The topological polar surface area (TPSA) is 64.7 Å². The smallest absolute Gasteiger partial charge is 0.255 e. The van der Waals surface area contributed by atoms with Crippen LogP contribution in [0.3, 0.4) is 0 Å². The van der Waals surface area contributed by atoms with Crippen LogP contribution in [0, 0.1) is 6.92 Å². The lowest BCUT2D eigenvalue weighted by atomic mass is 10.0. The van der Waals surface area contributed by atoms with E-state index in [0.717, 1.165) is 23.5 Å². The van der Waals surface area contributed by atoms with Gasteiger partial charge in [0.05, 0.1) is 29.5 Å². The largest absolute Gasteiger partial charge is 0.348 e. The highest BCUT2D eigenvalue weighted by molar-refractivity contribution is 5.95. The van der Waals surface area contributed by atoms with Crippen LogP contribution < -0.4 is 5.32 Å². The van der Waals surface area contributed by atoms with Crippen molar-refractivity contribution in [2.75, 3.05) is 0 Å². The number of nitrogens with one attached hydrogen (secondary N) is 1. The summed E-state index contributed by atoms with van der Waals surface area (Å²) in [5, 5.41) is 7.58. The molecule has 0 aliphatic rings. The Bertz CT molecular complexity index is 1160. The molecule has 0 saturated heterocycles. The van der Waals surface area contributed by atoms with E-state index >= 15 is 0 Å². The highest BCUT2D eigenvalue weighted by atomic mass is 16.1. The molecule has 0 spiro atoms. The Morgan fingerprint density at radius 1 is 1.10 bits per heavy atom. The molecule has 1 amide bonds. The molecule has 31 heavy (non-hydrogen) atoms. The first kappa shape index (κ1) is 20.6. The molecule has 2 aromatic heterocycles. The minimum Gasteiger partial charge on any atom is -0.348 e. The summed E-state index contributed by atoms with van der Waals surface area (Å²) >= 11 is 0. The summed E-state index contributed by atoms with van der Waals surface area (Å²) < 4.78 is 3.89. The summed E-state index contributed by atoms with van der Waals surface area (Å²) in [6.45, 7) is 7.43. The fourth-order valence-corrected chi connectivity index (χ4v) is 3.69. The number of hydrogen-bond donors (Lipinski definition) is 1. The Kier molecular flexibility index (Phi) is 5.98. The van der Waals surface area contributed by atoms with Crippen LogP contribution in [0.1, 0.15) is 52.5 Å². The molecular formula is C25H27N5O. The lowest BCUT2D eigenvalue weighted by Crippen LogP contribution is -2.24. The number of nitrogens with zero attached hydrogens (tertiary/aromatic N) is 4. The van der Waals surface area contributed by atoms with Gasteiger partial charge in [0, 0.05) is 25.5 Å². The van der Waals surface area contributed by atoms with E-state index in [1.807, 2.05) is 39.7 Å². The number of imidazole rings is 1. The molecule has 2 aromatic carbocycles. The molecule has 0 aliphatic carbocycles. The third-order valence-electron chi connectivity index (χ3n) is 5.25. The van der Waals surface area contributed by atoms with E-state index in [1.165, 1.54) is 11.1 Å². The number of rotatable bonds is 7. The zero-order valence-electron chi connectivity index (χ0n) is 18.1. The van der Waals surface area contributed by atoms with E-state index in [4.69, 9.17) is 0 Å². The van der Waals surface area contributed by atoms with Crippen molar-refractivity contribution in [3.63, 3.8) is 0 Å². The van der Waals surface area contributed by atoms with Crippen molar-refractivity contribution in [3.05, 3.63) is 101 Å². The second-order valence-corrected chi connectivity index (χ2v) is 8.08. The number of carbonyl (C=O) groups excluding carboxylic acids is 1. The molecule has 0 bridgehead atoms. The molecule has 0 saturated carbocycles. The Labute approximate surface area is 182 Å². The van der Waals surface area contributed by atoms with E-state index in [-0.39, 0.29) is 11.8 Å². The highest BCUT2D eigenvalue weighted by Crippen LogP contribution is 2.23. The monoisotopic (exact) mass is 413 g/mol. The minimum atomic E-state index is -0.109. The average molecular weight is 414 g/mol. The van der Waals surface area contributed by atoms with Crippen molar-refractivity contribution in [2.45, 2.75) is 39.8 Å². The van der Waals surface area contributed by atoms with Crippen LogP contribution in [0.4, 0.5) is 0 Å². The SMILES string of the molecule is Cc1ccc(-n2ncc(C(=O)NCc3cccc(Cn4ccnc4)c3)c2C(C)C)cc1. The van der Waals surface area contributed by atoms with Gasteiger partial charge in [-0.25, -0.2) is 9.67 Å². The Morgan fingerprint density at radius 3 is 2.58 bits per heavy atom. The van der Waals surface area contributed by atoms with E-state index in [2.05, 4.69) is 60.4 Å². The molecule has 0 radical (unpaired) electrons. The van der Waals surface area contributed by atoms with Gasteiger partial charge in [0.15, 0.2) is 0 Å². The van der Waals surface area contributed by atoms with Crippen LogP contribution in [-0.4, -0.2) is 25.2 Å². The maximum absolute atomic E-state index is 13.0. The molecule has 2 heterocycles. The number of benzene rings is 2. The quantitative estimate of drug-likeness (QED) is 0.486. The number of hydrogen-bond acceptors (Lipinski definition) is 3. The number of aromatic nitrogens is 4. The molecular weight excluding hydrogens is 386 g/mol. The first-order valence-electron chi connectivity index (χ1n) is 10.5. The molecule has 4 rings (SSSR count). The zero-order chi connectivity index (χ0) is 21.8. The van der Waals surface area contributed by atoms with Crippen molar-refractivity contribution >= 4 is 5.91 Å². The van der Waals surface area contributed by atoms with Crippen molar-refractivity contribution < 1.29 is 4.79 Å². The van der Waals surface area contributed by atoms with Gasteiger partial charge in [0.25, 0.3) is 5.91 Å². The van der Waals surface area contributed by atoms with Gasteiger partial charge in [0.2, 0.25) is 0 Å². The molecule has 4 aromatic rings. The van der Waals surface area contributed by atoms with Crippen molar-refractivity contribution in [3.8, 4) is 5.69 Å². The third kappa shape index (κ3) is 4.74. The zero-order valence-corrected chi connectivity index (χ0v) is 18.1. The van der Waals surface area contributed by atoms with Crippen LogP contribution in [-0.2, 0) is 13.1 Å². The van der Waals surface area contributed by atoms with Gasteiger partial charge in [-0.3, -0.25) is 4.79 Å². The molecule has 6 heteroatoms. The predicted molar refractivity (Wildman–Crippen MR) is 121 cm³/mol. The summed E-state index contributed by atoms with van der Waals surface area (Å²) in [7, 11) is 0. The van der Waals surface area contributed by atoms with Crippen LogP contribution in [0.2, 0.25) is 0 Å². The molecule has 0 fully saturated rings. The summed E-state index contributed by atoms with van der Waals surface area (Å²) in [6.07, 6.45) is 7.17. The fourth-order valence-electron chi connectivity index (χ4n) is 3.69.